The van der Waals surface area contributed by atoms with Gasteiger partial charge in [0.15, 0.2) is 0 Å². The maximum Gasteiger partial charge on any atom is 0.227 e. The average molecular weight is 244 g/mol. The van der Waals surface area contributed by atoms with Gasteiger partial charge in [-0.05, 0) is 32.1 Å². The molecule has 1 aliphatic rings. The Bertz CT molecular complexity index is 210. The molecule has 1 amide bonds. The molecule has 3 nitrogen and oxygen atoms in total. The summed E-state index contributed by atoms with van der Waals surface area (Å²) < 4.78 is 0. The van der Waals surface area contributed by atoms with Crippen LogP contribution in [-0.2, 0) is 4.79 Å². The number of thioether (sulfide) groups is 1. The smallest absolute Gasteiger partial charge is 0.227 e. The molecule has 1 saturated heterocycles. The summed E-state index contributed by atoms with van der Waals surface area (Å²) in [5.41, 5.74) is -0.134. The van der Waals surface area contributed by atoms with Crippen LogP contribution in [0.2, 0.25) is 0 Å². The highest BCUT2D eigenvalue weighted by Gasteiger charge is 2.38. The maximum atomic E-state index is 12.2. The summed E-state index contributed by atoms with van der Waals surface area (Å²) in [7, 11) is 0. The predicted octanol–water partition coefficient (Wildman–Crippen LogP) is 1.64. The number of rotatable bonds is 6. The third kappa shape index (κ3) is 3.67. The number of carbonyl (C=O) groups is 1. The van der Waals surface area contributed by atoms with Crippen molar-refractivity contribution in [2.75, 3.05) is 31.6 Å². The molecule has 1 aliphatic heterocycles. The molecule has 0 spiro atoms. The van der Waals surface area contributed by atoms with E-state index in [4.69, 9.17) is 0 Å². The standard InChI is InChI=1S/C12H24N2OS/c1-3-5-12(6-4-7-13-10-12)11(15)14-8-9-16-2/h13H,3-10H2,1-2H3,(H,14,15). The Morgan fingerprint density at radius 2 is 2.38 bits per heavy atom. The normalized spacial score (nSPS) is 25.4. The van der Waals surface area contributed by atoms with Crippen molar-refractivity contribution in [1.29, 1.82) is 0 Å². The number of carbonyl (C=O) groups excluding carboxylic acids is 1. The molecule has 0 aliphatic carbocycles. The quantitative estimate of drug-likeness (QED) is 0.698. The molecule has 2 N–H and O–H groups in total. The molecule has 0 bridgehead atoms. The van der Waals surface area contributed by atoms with Crippen LogP contribution in [0.25, 0.3) is 0 Å². The van der Waals surface area contributed by atoms with Gasteiger partial charge in [0.1, 0.15) is 0 Å². The summed E-state index contributed by atoms with van der Waals surface area (Å²) in [6.07, 6.45) is 6.31. The largest absolute Gasteiger partial charge is 0.355 e. The Kier molecular flexibility index (Phi) is 6.21. The van der Waals surface area contributed by atoms with E-state index in [-0.39, 0.29) is 11.3 Å². The van der Waals surface area contributed by atoms with E-state index >= 15 is 0 Å². The Morgan fingerprint density at radius 1 is 1.56 bits per heavy atom. The van der Waals surface area contributed by atoms with Gasteiger partial charge in [-0.1, -0.05) is 13.3 Å². The molecule has 1 heterocycles. The van der Waals surface area contributed by atoms with Crippen molar-refractivity contribution < 1.29 is 4.79 Å². The topological polar surface area (TPSA) is 41.1 Å². The molecule has 0 aromatic rings. The van der Waals surface area contributed by atoms with Crippen LogP contribution in [0.4, 0.5) is 0 Å². The number of nitrogens with one attached hydrogen (secondary N) is 2. The van der Waals surface area contributed by atoms with Crippen molar-refractivity contribution in [3.63, 3.8) is 0 Å². The van der Waals surface area contributed by atoms with Crippen molar-refractivity contribution in [3.05, 3.63) is 0 Å². The van der Waals surface area contributed by atoms with Crippen molar-refractivity contribution in [2.45, 2.75) is 32.6 Å². The molecule has 1 rings (SSSR count). The number of hydrogen-bond acceptors (Lipinski definition) is 3. The molecule has 0 saturated carbocycles. The van der Waals surface area contributed by atoms with Gasteiger partial charge in [0.2, 0.25) is 5.91 Å². The van der Waals surface area contributed by atoms with Gasteiger partial charge in [0.25, 0.3) is 0 Å². The maximum absolute atomic E-state index is 12.2. The van der Waals surface area contributed by atoms with E-state index in [9.17, 15) is 4.79 Å². The summed E-state index contributed by atoms with van der Waals surface area (Å²) >= 11 is 1.77. The monoisotopic (exact) mass is 244 g/mol. The van der Waals surface area contributed by atoms with Gasteiger partial charge in [0, 0.05) is 18.8 Å². The van der Waals surface area contributed by atoms with Crippen molar-refractivity contribution in [2.24, 2.45) is 5.41 Å². The van der Waals surface area contributed by atoms with Crippen molar-refractivity contribution in [1.82, 2.24) is 10.6 Å². The molecule has 1 unspecified atom stereocenters. The lowest BCUT2D eigenvalue weighted by Gasteiger charge is -2.36. The first-order chi connectivity index (χ1) is 7.75. The third-order valence-corrected chi connectivity index (χ3v) is 3.89. The van der Waals surface area contributed by atoms with Crippen LogP contribution in [-0.4, -0.2) is 37.6 Å². The minimum Gasteiger partial charge on any atom is -0.355 e. The fourth-order valence-electron chi connectivity index (χ4n) is 2.42. The zero-order chi connectivity index (χ0) is 11.9. The van der Waals surface area contributed by atoms with Crippen LogP contribution in [0.1, 0.15) is 32.6 Å². The average Bonchev–Trinajstić information content (AvgIpc) is 2.31. The van der Waals surface area contributed by atoms with Crippen LogP contribution >= 0.6 is 11.8 Å². The molecule has 94 valence electrons. The second kappa shape index (κ2) is 7.17. The summed E-state index contributed by atoms with van der Waals surface area (Å²) in [5.74, 6) is 1.26. The Labute approximate surface area is 103 Å². The molecular formula is C12H24N2OS. The predicted molar refractivity (Wildman–Crippen MR) is 70.8 cm³/mol. The first-order valence-electron chi connectivity index (χ1n) is 6.23. The summed E-state index contributed by atoms with van der Waals surface area (Å²) in [6.45, 7) is 4.87. The highest BCUT2D eigenvalue weighted by molar-refractivity contribution is 7.98. The molecule has 0 radical (unpaired) electrons. The number of amides is 1. The molecule has 1 atom stereocenters. The lowest BCUT2D eigenvalue weighted by atomic mass is 9.76. The van der Waals surface area contributed by atoms with Crippen LogP contribution < -0.4 is 10.6 Å². The minimum atomic E-state index is -0.134. The van der Waals surface area contributed by atoms with Crippen LogP contribution in [0.5, 0.6) is 0 Å². The number of hydrogen-bond donors (Lipinski definition) is 2. The van der Waals surface area contributed by atoms with Crippen molar-refractivity contribution >= 4 is 17.7 Å². The van der Waals surface area contributed by atoms with Crippen LogP contribution in [0.3, 0.4) is 0 Å². The second-order valence-electron chi connectivity index (χ2n) is 4.56. The Balaban J connectivity index is 2.50. The van der Waals surface area contributed by atoms with Gasteiger partial charge < -0.3 is 10.6 Å². The van der Waals surface area contributed by atoms with E-state index in [1.54, 1.807) is 11.8 Å². The van der Waals surface area contributed by atoms with E-state index in [1.807, 2.05) is 0 Å². The minimum absolute atomic E-state index is 0.134. The lowest BCUT2D eigenvalue weighted by molar-refractivity contribution is -0.132. The summed E-state index contributed by atoms with van der Waals surface area (Å²) in [5, 5.41) is 6.44. The van der Waals surface area contributed by atoms with E-state index in [0.29, 0.717) is 0 Å². The van der Waals surface area contributed by atoms with Crippen LogP contribution in [0.15, 0.2) is 0 Å². The molecule has 0 aromatic heterocycles. The van der Waals surface area contributed by atoms with E-state index in [1.165, 1.54) is 0 Å². The first-order valence-corrected chi connectivity index (χ1v) is 7.62. The Morgan fingerprint density at radius 3 is 2.94 bits per heavy atom. The first kappa shape index (κ1) is 13.8. The van der Waals surface area contributed by atoms with E-state index < -0.39 is 0 Å². The fourth-order valence-corrected chi connectivity index (χ4v) is 2.73. The van der Waals surface area contributed by atoms with E-state index in [2.05, 4.69) is 23.8 Å². The van der Waals surface area contributed by atoms with Gasteiger partial charge in [-0.15, -0.1) is 0 Å². The summed E-state index contributed by atoms with van der Waals surface area (Å²) in [4.78, 5) is 12.2. The van der Waals surface area contributed by atoms with Crippen LogP contribution in [0, 0.1) is 5.41 Å². The van der Waals surface area contributed by atoms with E-state index in [0.717, 1.165) is 51.1 Å². The lowest BCUT2D eigenvalue weighted by Crippen LogP contribution is -2.50. The molecule has 1 fully saturated rings. The molecular weight excluding hydrogens is 220 g/mol. The fraction of sp³-hybridized carbons (Fsp3) is 0.917. The Hall–Kier alpha value is -0.220. The number of piperidine rings is 1. The van der Waals surface area contributed by atoms with Gasteiger partial charge in [-0.2, -0.15) is 11.8 Å². The van der Waals surface area contributed by atoms with Gasteiger partial charge in [0.05, 0.1) is 5.41 Å². The SMILES string of the molecule is CCCC1(C(=O)NCCSC)CCCNC1. The molecule has 0 aromatic carbocycles. The highest BCUT2D eigenvalue weighted by Crippen LogP contribution is 2.31. The zero-order valence-corrected chi connectivity index (χ0v) is 11.3. The molecule has 16 heavy (non-hydrogen) atoms. The van der Waals surface area contributed by atoms with Crippen molar-refractivity contribution in [3.8, 4) is 0 Å². The van der Waals surface area contributed by atoms with Gasteiger partial charge >= 0.3 is 0 Å². The third-order valence-electron chi connectivity index (χ3n) is 3.27. The highest BCUT2D eigenvalue weighted by atomic mass is 32.2. The molecule has 4 heteroatoms. The second-order valence-corrected chi connectivity index (χ2v) is 5.54. The zero-order valence-electron chi connectivity index (χ0n) is 10.5. The summed E-state index contributed by atoms with van der Waals surface area (Å²) in [6, 6.07) is 0. The van der Waals surface area contributed by atoms with Gasteiger partial charge in [-0.3, -0.25) is 4.79 Å². The van der Waals surface area contributed by atoms with Gasteiger partial charge in [-0.25, -0.2) is 0 Å².